The molecule has 32 heavy (non-hydrogen) atoms. The van der Waals surface area contributed by atoms with Crippen LogP contribution in [-0.4, -0.2) is 16.8 Å². The van der Waals surface area contributed by atoms with E-state index in [1.54, 1.807) is 19.1 Å². The van der Waals surface area contributed by atoms with Gasteiger partial charge in [0.1, 0.15) is 5.69 Å². The van der Waals surface area contributed by atoms with Crippen molar-refractivity contribution in [2.75, 3.05) is 10.6 Å². The van der Waals surface area contributed by atoms with Crippen molar-refractivity contribution in [1.82, 2.24) is 4.98 Å². The van der Waals surface area contributed by atoms with Crippen LogP contribution in [0, 0.1) is 6.92 Å². The predicted molar refractivity (Wildman–Crippen MR) is 111 cm³/mol. The number of hydrogen-bond acceptors (Lipinski definition) is 6. The van der Waals surface area contributed by atoms with Crippen LogP contribution in [0.25, 0.3) is 10.8 Å². The molecular weight excluding hydrogens is 447 g/mol. The van der Waals surface area contributed by atoms with E-state index in [2.05, 4.69) is 15.6 Å². The van der Waals surface area contributed by atoms with Gasteiger partial charge in [-0.05, 0) is 49.4 Å². The van der Waals surface area contributed by atoms with E-state index >= 15 is 0 Å². The summed E-state index contributed by atoms with van der Waals surface area (Å²) in [7, 11) is 0. The molecule has 2 amide bonds. The Morgan fingerprint density at radius 2 is 1.75 bits per heavy atom. The summed E-state index contributed by atoms with van der Waals surface area (Å²) in [6.45, 7) is 1.64. The number of hydrogen-bond donors (Lipinski definition) is 2. The number of benzene rings is 1. The van der Waals surface area contributed by atoms with E-state index in [0.717, 1.165) is 12.1 Å². The fourth-order valence-electron chi connectivity index (χ4n) is 2.86. The first kappa shape index (κ1) is 21.4. The zero-order valence-corrected chi connectivity index (χ0v) is 17.1. The largest absolute Gasteiger partial charge is 0.462 e. The van der Waals surface area contributed by atoms with Crippen LogP contribution in [0.15, 0.2) is 63.8 Å². The first-order valence-electron chi connectivity index (χ1n) is 9.11. The maximum absolute atomic E-state index is 13.7. The number of aryl methyl sites for hydroxylation is 1. The quantitative estimate of drug-likeness (QED) is 0.390. The molecule has 1 aromatic carbocycles. The van der Waals surface area contributed by atoms with Crippen molar-refractivity contribution in [3.63, 3.8) is 0 Å². The molecule has 2 N–H and O–H groups in total. The summed E-state index contributed by atoms with van der Waals surface area (Å²) in [6.07, 6.45) is -2.06. The van der Waals surface area contributed by atoms with Crippen molar-refractivity contribution >= 4 is 34.5 Å². The SMILES string of the molecule is Cc1sc(-c2ccco2)nc1C(=O)Nc1ccc(NC(=O)c2ccco2)cc1C(F)(F)F. The maximum atomic E-state index is 13.7. The summed E-state index contributed by atoms with van der Waals surface area (Å²) < 4.78 is 51.1. The second-order valence-electron chi connectivity index (χ2n) is 6.54. The fourth-order valence-corrected chi connectivity index (χ4v) is 3.74. The number of nitrogens with one attached hydrogen (secondary N) is 2. The molecule has 0 fully saturated rings. The number of carbonyl (C=O) groups is 2. The molecule has 0 unspecified atom stereocenters. The van der Waals surface area contributed by atoms with E-state index in [1.165, 1.54) is 42.1 Å². The average molecular weight is 461 g/mol. The second kappa shape index (κ2) is 8.35. The van der Waals surface area contributed by atoms with E-state index in [-0.39, 0.29) is 17.1 Å². The molecule has 0 saturated carbocycles. The van der Waals surface area contributed by atoms with Crippen LogP contribution in [0.3, 0.4) is 0 Å². The van der Waals surface area contributed by atoms with Crippen molar-refractivity contribution in [2.45, 2.75) is 13.1 Å². The van der Waals surface area contributed by atoms with Gasteiger partial charge in [-0.3, -0.25) is 9.59 Å². The second-order valence-corrected chi connectivity index (χ2v) is 7.75. The van der Waals surface area contributed by atoms with Crippen LogP contribution < -0.4 is 10.6 Å². The van der Waals surface area contributed by atoms with Gasteiger partial charge in [0.15, 0.2) is 16.5 Å². The lowest BCUT2D eigenvalue weighted by atomic mass is 10.1. The highest BCUT2D eigenvalue weighted by Gasteiger charge is 2.35. The first-order valence-corrected chi connectivity index (χ1v) is 9.93. The minimum absolute atomic E-state index is 0.00952. The van der Waals surface area contributed by atoms with Gasteiger partial charge >= 0.3 is 6.18 Å². The topological polar surface area (TPSA) is 97.4 Å². The Bertz CT molecular complexity index is 1260. The van der Waals surface area contributed by atoms with Crippen molar-refractivity contribution < 1.29 is 31.6 Å². The van der Waals surface area contributed by atoms with E-state index in [4.69, 9.17) is 8.83 Å². The van der Waals surface area contributed by atoms with E-state index in [1.807, 2.05) is 0 Å². The van der Waals surface area contributed by atoms with E-state index < -0.39 is 29.2 Å². The highest BCUT2D eigenvalue weighted by atomic mass is 32.1. The van der Waals surface area contributed by atoms with Gasteiger partial charge in [-0.15, -0.1) is 11.3 Å². The van der Waals surface area contributed by atoms with E-state index in [9.17, 15) is 22.8 Å². The van der Waals surface area contributed by atoms with Crippen LogP contribution in [-0.2, 0) is 6.18 Å². The summed E-state index contributed by atoms with van der Waals surface area (Å²) in [5.74, 6) is -1.11. The predicted octanol–water partition coefficient (Wildman–Crippen LogP) is 5.83. The average Bonchev–Trinajstić information content (AvgIpc) is 3.49. The summed E-state index contributed by atoms with van der Waals surface area (Å²) in [6, 6.07) is 9.22. The third-order valence-electron chi connectivity index (χ3n) is 4.32. The number of amides is 2. The number of aromatic nitrogens is 1. The summed E-state index contributed by atoms with van der Waals surface area (Å²) in [4.78, 5) is 29.4. The monoisotopic (exact) mass is 461 g/mol. The molecule has 0 aliphatic heterocycles. The minimum atomic E-state index is -4.79. The number of furan rings is 2. The number of thiazole rings is 1. The smallest absolute Gasteiger partial charge is 0.418 e. The van der Waals surface area contributed by atoms with Gasteiger partial charge in [-0.2, -0.15) is 13.2 Å². The molecule has 3 aromatic heterocycles. The highest BCUT2D eigenvalue weighted by Crippen LogP contribution is 2.37. The van der Waals surface area contributed by atoms with Gasteiger partial charge in [-0.1, -0.05) is 0 Å². The zero-order valence-electron chi connectivity index (χ0n) is 16.3. The van der Waals surface area contributed by atoms with Crippen molar-refractivity contribution in [3.8, 4) is 10.8 Å². The molecule has 0 saturated heterocycles. The lowest BCUT2D eigenvalue weighted by Crippen LogP contribution is -2.18. The summed E-state index contributed by atoms with van der Waals surface area (Å²) in [5.41, 5.74) is -1.71. The number of rotatable bonds is 5. The highest BCUT2D eigenvalue weighted by molar-refractivity contribution is 7.15. The molecule has 0 atom stereocenters. The number of alkyl halides is 3. The third kappa shape index (κ3) is 4.42. The Hall–Kier alpha value is -3.86. The normalized spacial score (nSPS) is 11.4. The fraction of sp³-hybridized carbons (Fsp3) is 0.0952. The molecule has 0 bridgehead atoms. The Balaban J connectivity index is 1.59. The van der Waals surface area contributed by atoms with Gasteiger partial charge in [0.2, 0.25) is 0 Å². The molecule has 0 aliphatic rings. The molecule has 11 heteroatoms. The van der Waals surface area contributed by atoms with Crippen LogP contribution in [0.5, 0.6) is 0 Å². The van der Waals surface area contributed by atoms with Gasteiger partial charge < -0.3 is 19.5 Å². The first-order chi connectivity index (χ1) is 15.2. The standard InChI is InChI=1S/C21H14F3N3O4S/c1-11-17(27-20(32-11)16-5-3-9-31-16)19(29)26-14-7-6-12(10-13(14)21(22,23)24)25-18(28)15-4-2-8-30-15/h2-10H,1H3,(H,25,28)(H,26,29). The Morgan fingerprint density at radius 1 is 1.00 bits per heavy atom. The van der Waals surface area contributed by atoms with Crippen molar-refractivity contribution in [2.24, 2.45) is 0 Å². The Labute approximate surface area is 182 Å². The van der Waals surface area contributed by atoms with E-state index in [0.29, 0.717) is 15.6 Å². The number of carbonyl (C=O) groups excluding carboxylic acids is 2. The Morgan fingerprint density at radius 3 is 2.41 bits per heavy atom. The third-order valence-corrected chi connectivity index (χ3v) is 5.30. The van der Waals surface area contributed by atoms with Gasteiger partial charge in [0.25, 0.3) is 11.8 Å². The molecule has 4 aromatic rings. The van der Waals surface area contributed by atoms with Crippen LogP contribution in [0.4, 0.5) is 24.5 Å². The molecule has 164 valence electrons. The zero-order chi connectivity index (χ0) is 22.9. The number of nitrogens with zero attached hydrogens (tertiary/aromatic N) is 1. The molecule has 0 spiro atoms. The molecule has 0 aliphatic carbocycles. The number of halogens is 3. The van der Waals surface area contributed by atoms with Crippen LogP contribution in [0.1, 0.15) is 31.5 Å². The van der Waals surface area contributed by atoms with Crippen molar-refractivity contribution in [1.29, 1.82) is 0 Å². The van der Waals surface area contributed by atoms with Crippen molar-refractivity contribution in [3.05, 3.63) is 76.9 Å². The summed E-state index contributed by atoms with van der Waals surface area (Å²) >= 11 is 1.18. The molecule has 7 nitrogen and oxygen atoms in total. The minimum Gasteiger partial charge on any atom is -0.462 e. The molecule has 4 rings (SSSR count). The van der Waals surface area contributed by atoms with Crippen LogP contribution in [0.2, 0.25) is 0 Å². The number of anilines is 2. The molecule has 0 radical (unpaired) electrons. The van der Waals surface area contributed by atoms with Crippen LogP contribution >= 0.6 is 11.3 Å². The summed E-state index contributed by atoms with van der Waals surface area (Å²) in [5, 5.41) is 5.03. The lowest BCUT2D eigenvalue weighted by Gasteiger charge is -2.15. The lowest BCUT2D eigenvalue weighted by molar-refractivity contribution is -0.136. The Kier molecular flexibility index (Phi) is 5.57. The van der Waals surface area contributed by atoms with Gasteiger partial charge in [0, 0.05) is 10.6 Å². The molecule has 3 heterocycles. The van der Waals surface area contributed by atoms with Gasteiger partial charge in [0.05, 0.1) is 23.8 Å². The van der Waals surface area contributed by atoms with Gasteiger partial charge in [-0.25, -0.2) is 4.98 Å². The maximum Gasteiger partial charge on any atom is 0.418 e. The molecular formula is C21H14F3N3O4S.